The minimum absolute atomic E-state index is 0.198. The number of fused-ring (bicyclic) bond motifs is 1. The molecule has 1 aliphatic carbocycles. The van der Waals surface area contributed by atoms with Crippen molar-refractivity contribution < 1.29 is 22.0 Å². The topological polar surface area (TPSA) is 91.9 Å². The highest BCUT2D eigenvalue weighted by Gasteiger charge is 2.28. The zero-order valence-electron chi connectivity index (χ0n) is 12.6. The smallest absolute Gasteiger partial charge is 0.239 e. The Morgan fingerprint density at radius 3 is 2.92 bits per heavy atom. The lowest BCUT2D eigenvalue weighted by molar-refractivity contribution is -0.123. The third kappa shape index (κ3) is 3.61. The van der Waals surface area contributed by atoms with Gasteiger partial charge in [-0.3, -0.25) is 14.6 Å². The molecule has 3 rings (SSSR count). The monoisotopic (exact) mass is 355 g/mol. The molecule has 2 aromatic rings. The lowest BCUT2D eigenvalue weighted by Crippen LogP contribution is -2.38. The first-order valence-corrected chi connectivity index (χ1v) is 8.98. The number of hydrogen-bond acceptors (Lipinski definition) is 4. The van der Waals surface area contributed by atoms with Crippen molar-refractivity contribution in [2.24, 2.45) is 5.92 Å². The van der Waals surface area contributed by atoms with Gasteiger partial charge in [0.25, 0.3) is 0 Å². The number of halogens is 2. The number of rotatable bonds is 4. The van der Waals surface area contributed by atoms with Gasteiger partial charge in [-0.1, -0.05) is 6.07 Å². The van der Waals surface area contributed by atoms with Gasteiger partial charge in [0.05, 0.1) is 11.9 Å². The van der Waals surface area contributed by atoms with Crippen LogP contribution < -0.4 is 4.72 Å². The molecular formula is C15H15F2N3O3S. The van der Waals surface area contributed by atoms with E-state index in [4.69, 9.17) is 0 Å². The number of nitrogens with zero attached hydrogens (tertiary/aromatic N) is 1. The van der Waals surface area contributed by atoms with E-state index in [1.54, 1.807) is 6.20 Å². The molecule has 0 fully saturated rings. The van der Waals surface area contributed by atoms with Crippen LogP contribution in [0.4, 0.5) is 8.78 Å². The maximum absolute atomic E-state index is 13.6. The van der Waals surface area contributed by atoms with Gasteiger partial charge in [-0.2, -0.15) is 5.10 Å². The number of aromatic amines is 1. The predicted molar refractivity (Wildman–Crippen MR) is 81.2 cm³/mol. The van der Waals surface area contributed by atoms with Gasteiger partial charge in [-0.25, -0.2) is 17.2 Å². The molecule has 9 heteroatoms. The van der Waals surface area contributed by atoms with Crippen molar-refractivity contribution in [2.45, 2.75) is 25.0 Å². The van der Waals surface area contributed by atoms with Crippen LogP contribution in [0.2, 0.25) is 0 Å². The molecule has 0 bridgehead atoms. The minimum Gasteiger partial charge on any atom is -0.282 e. The Morgan fingerprint density at radius 2 is 2.17 bits per heavy atom. The van der Waals surface area contributed by atoms with Crippen molar-refractivity contribution in [2.75, 3.05) is 0 Å². The minimum atomic E-state index is -4.07. The van der Waals surface area contributed by atoms with E-state index in [2.05, 4.69) is 10.2 Å². The molecule has 0 saturated heterocycles. The molecule has 0 aliphatic heterocycles. The first kappa shape index (κ1) is 16.6. The molecule has 1 aromatic heterocycles. The SMILES string of the molecule is O=C(NS(=O)(=O)Cc1ccc(F)cc1F)C1CCc2cn[nH]c2C1. The molecule has 128 valence electrons. The quantitative estimate of drug-likeness (QED) is 0.868. The molecule has 1 heterocycles. The van der Waals surface area contributed by atoms with Gasteiger partial charge in [-0.05, 0) is 24.5 Å². The Bertz CT molecular complexity index is 880. The van der Waals surface area contributed by atoms with Gasteiger partial charge in [0.1, 0.15) is 11.6 Å². The zero-order chi connectivity index (χ0) is 17.3. The number of benzene rings is 1. The van der Waals surface area contributed by atoms with E-state index >= 15 is 0 Å². The van der Waals surface area contributed by atoms with Gasteiger partial charge >= 0.3 is 0 Å². The highest BCUT2D eigenvalue weighted by atomic mass is 32.2. The van der Waals surface area contributed by atoms with Crippen molar-refractivity contribution in [1.29, 1.82) is 0 Å². The second-order valence-electron chi connectivity index (χ2n) is 5.77. The van der Waals surface area contributed by atoms with E-state index in [9.17, 15) is 22.0 Å². The lowest BCUT2D eigenvalue weighted by Gasteiger charge is -2.20. The Balaban J connectivity index is 1.67. The Kier molecular flexibility index (Phi) is 4.35. The first-order chi connectivity index (χ1) is 11.3. The van der Waals surface area contributed by atoms with Crippen molar-refractivity contribution in [3.8, 4) is 0 Å². The van der Waals surface area contributed by atoms with Crippen LogP contribution in [0.1, 0.15) is 23.2 Å². The number of nitrogens with one attached hydrogen (secondary N) is 2. The summed E-state index contributed by atoms with van der Waals surface area (Å²) in [5.74, 6) is -3.61. The van der Waals surface area contributed by atoms with Gasteiger partial charge in [-0.15, -0.1) is 0 Å². The summed E-state index contributed by atoms with van der Waals surface area (Å²) in [4.78, 5) is 12.2. The van der Waals surface area contributed by atoms with Gasteiger partial charge < -0.3 is 0 Å². The second kappa shape index (κ2) is 6.31. The van der Waals surface area contributed by atoms with Crippen LogP contribution in [0, 0.1) is 17.6 Å². The summed E-state index contributed by atoms with van der Waals surface area (Å²) >= 11 is 0. The Hall–Kier alpha value is -2.29. The Labute approximate surface area is 137 Å². The van der Waals surface area contributed by atoms with E-state index in [1.807, 2.05) is 4.72 Å². The molecule has 6 nitrogen and oxygen atoms in total. The van der Waals surface area contributed by atoms with Crippen molar-refractivity contribution in [3.05, 3.63) is 52.9 Å². The largest absolute Gasteiger partial charge is 0.282 e. The zero-order valence-corrected chi connectivity index (χ0v) is 13.4. The summed E-state index contributed by atoms with van der Waals surface area (Å²) in [6.45, 7) is 0. The molecule has 0 radical (unpaired) electrons. The third-order valence-corrected chi connectivity index (χ3v) is 5.21. The summed E-state index contributed by atoms with van der Waals surface area (Å²) < 4.78 is 52.6. The number of H-pyrrole nitrogens is 1. The van der Waals surface area contributed by atoms with Crippen LogP contribution in [-0.2, 0) is 33.4 Å². The standard InChI is InChI=1S/C15H15F2N3O3S/c16-12-4-3-11(13(17)6-12)8-24(22,23)20-15(21)9-1-2-10-7-18-19-14(10)5-9/h3-4,6-7,9H,1-2,5,8H2,(H,18,19)(H,20,21). The molecular weight excluding hydrogens is 340 g/mol. The van der Waals surface area contributed by atoms with E-state index < -0.39 is 39.2 Å². The van der Waals surface area contributed by atoms with Crippen molar-refractivity contribution >= 4 is 15.9 Å². The molecule has 1 aliphatic rings. The van der Waals surface area contributed by atoms with Gasteiger partial charge in [0.2, 0.25) is 15.9 Å². The van der Waals surface area contributed by atoms with E-state index in [1.165, 1.54) is 0 Å². The predicted octanol–water partition coefficient (Wildman–Crippen LogP) is 1.44. The fourth-order valence-corrected chi connectivity index (χ4v) is 3.94. The van der Waals surface area contributed by atoms with E-state index in [0.717, 1.165) is 23.4 Å². The van der Waals surface area contributed by atoms with Crippen LogP contribution in [0.3, 0.4) is 0 Å². The fourth-order valence-electron chi connectivity index (χ4n) is 2.75. The molecule has 0 spiro atoms. The maximum atomic E-state index is 13.6. The van der Waals surface area contributed by atoms with E-state index in [-0.39, 0.29) is 5.56 Å². The molecule has 1 amide bonds. The number of aryl methyl sites for hydroxylation is 1. The number of sulfonamides is 1. The number of hydrogen-bond donors (Lipinski definition) is 2. The first-order valence-electron chi connectivity index (χ1n) is 7.33. The van der Waals surface area contributed by atoms with Crippen LogP contribution in [-0.4, -0.2) is 24.5 Å². The Morgan fingerprint density at radius 1 is 1.38 bits per heavy atom. The van der Waals surface area contributed by atoms with Crippen LogP contribution >= 0.6 is 0 Å². The highest BCUT2D eigenvalue weighted by Crippen LogP contribution is 2.24. The lowest BCUT2D eigenvalue weighted by atomic mass is 9.88. The van der Waals surface area contributed by atoms with Gasteiger partial charge in [0, 0.05) is 29.7 Å². The number of aromatic nitrogens is 2. The molecule has 1 unspecified atom stereocenters. The third-order valence-electron chi connectivity index (χ3n) is 4.01. The number of carbonyl (C=O) groups is 1. The normalized spacial score (nSPS) is 17.3. The van der Waals surface area contributed by atoms with Crippen LogP contribution in [0.15, 0.2) is 24.4 Å². The summed E-state index contributed by atoms with van der Waals surface area (Å²) in [6, 6.07) is 2.62. The molecule has 0 saturated carbocycles. The highest BCUT2D eigenvalue weighted by molar-refractivity contribution is 7.89. The van der Waals surface area contributed by atoms with Crippen LogP contribution in [0.25, 0.3) is 0 Å². The van der Waals surface area contributed by atoms with Gasteiger partial charge in [0.15, 0.2) is 0 Å². The average molecular weight is 355 g/mol. The fraction of sp³-hybridized carbons (Fsp3) is 0.333. The summed E-state index contributed by atoms with van der Waals surface area (Å²) in [5.41, 5.74) is 1.65. The molecule has 2 N–H and O–H groups in total. The van der Waals surface area contributed by atoms with E-state index in [0.29, 0.717) is 25.3 Å². The summed E-state index contributed by atoms with van der Waals surface area (Å²) in [5, 5.41) is 6.69. The molecule has 1 atom stereocenters. The second-order valence-corrected chi connectivity index (χ2v) is 7.50. The molecule has 1 aromatic carbocycles. The van der Waals surface area contributed by atoms with Crippen molar-refractivity contribution in [3.63, 3.8) is 0 Å². The molecule has 24 heavy (non-hydrogen) atoms. The summed E-state index contributed by atoms with van der Waals surface area (Å²) in [6.07, 6.45) is 3.22. The number of carbonyl (C=O) groups excluding carboxylic acids is 1. The van der Waals surface area contributed by atoms with Crippen molar-refractivity contribution in [1.82, 2.24) is 14.9 Å². The average Bonchev–Trinajstić information content (AvgIpc) is 2.97. The van der Waals surface area contributed by atoms with Crippen LogP contribution in [0.5, 0.6) is 0 Å². The maximum Gasteiger partial charge on any atom is 0.239 e. The summed E-state index contributed by atoms with van der Waals surface area (Å²) in [7, 11) is -4.07. The number of amides is 1.